The van der Waals surface area contributed by atoms with Crippen LogP contribution in [-0.4, -0.2) is 24.1 Å². The maximum Gasteiger partial charge on any atom is 0.418 e. The fourth-order valence-electron chi connectivity index (χ4n) is 2.43. The highest BCUT2D eigenvalue weighted by molar-refractivity contribution is 6.01. The lowest BCUT2D eigenvalue weighted by molar-refractivity contribution is -0.137. The molecule has 0 saturated heterocycles. The van der Waals surface area contributed by atoms with Crippen LogP contribution in [0.5, 0.6) is 0 Å². The number of amides is 2. The van der Waals surface area contributed by atoms with Crippen molar-refractivity contribution in [1.82, 2.24) is 4.98 Å². The maximum absolute atomic E-state index is 13.2. The lowest BCUT2D eigenvalue weighted by Crippen LogP contribution is -2.39. The summed E-state index contributed by atoms with van der Waals surface area (Å²) in [6, 6.07) is 7.62. The Morgan fingerprint density at radius 1 is 1.21 bits per heavy atom. The first-order valence-electron chi connectivity index (χ1n) is 7.80. The van der Waals surface area contributed by atoms with E-state index in [-0.39, 0.29) is 31.5 Å². The van der Waals surface area contributed by atoms with Gasteiger partial charge in [0.1, 0.15) is 11.3 Å². The van der Waals surface area contributed by atoms with E-state index >= 15 is 0 Å². The summed E-state index contributed by atoms with van der Waals surface area (Å²) < 4.78 is 58.0. The summed E-state index contributed by atoms with van der Waals surface area (Å²) in [4.78, 5) is 17.7. The normalized spacial score (nSPS) is 11.2. The van der Waals surface area contributed by atoms with E-state index in [4.69, 9.17) is 10.2 Å². The van der Waals surface area contributed by atoms with Gasteiger partial charge < -0.3 is 15.5 Å². The molecule has 6 nitrogen and oxygen atoms in total. The molecule has 0 aliphatic carbocycles. The molecule has 0 aliphatic rings. The summed E-state index contributed by atoms with van der Waals surface area (Å²) in [5.74, 6) is -1.07. The van der Waals surface area contributed by atoms with Crippen molar-refractivity contribution in [3.05, 3.63) is 53.8 Å². The zero-order chi connectivity index (χ0) is 19.6. The van der Waals surface area contributed by atoms with Crippen LogP contribution >= 0.6 is 12.4 Å². The SMILES string of the molecule is Cl.NCCN(C(=O)Nc1ccc(F)cc1C(F)(F)F)c1nc2ccccc2o1. The number of carbonyl (C=O) groups excluding carboxylic acids is 1. The Labute approximate surface area is 162 Å². The van der Waals surface area contributed by atoms with Gasteiger partial charge in [-0.1, -0.05) is 12.1 Å². The van der Waals surface area contributed by atoms with Crippen molar-refractivity contribution >= 4 is 41.2 Å². The number of alkyl halides is 3. The highest BCUT2D eigenvalue weighted by Crippen LogP contribution is 2.35. The number of oxazole rings is 1. The third kappa shape index (κ3) is 4.52. The number of nitrogens with one attached hydrogen (secondary N) is 1. The van der Waals surface area contributed by atoms with E-state index in [0.29, 0.717) is 17.2 Å². The van der Waals surface area contributed by atoms with E-state index in [9.17, 15) is 22.4 Å². The maximum atomic E-state index is 13.2. The van der Waals surface area contributed by atoms with Gasteiger partial charge in [0.25, 0.3) is 0 Å². The van der Waals surface area contributed by atoms with Crippen molar-refractivity contribution in [2.45, 2.75) is 6.18 Å². The molecule has 0 bridgehead atoms. The fraction of sp³-hybridized carbons (Fsp3) is 0.176. The molecule has 0 spiro atoms. The first-order valence-corrected chi connectivity index (χ1v) is 7.80. The second-order valence-corrected chi connectivity index (χ2v) is 5.52. The summed E-state index contributed by atoms with van der Waals surface area (Å²) in [6.45, 7) is -0.0388. The van der Waals surface area contributed by atoms with Crippen molar-refractivity contribution in [2.24, 2.45) is 5.73 Å². The minimum absolute atomic E-state index is 0. The number of halogens is 5. The lowest BCUT2D eigenvalue weighted by atomic mass is 10.1. The quantitative estimate of drug-likeness (QED) is 0.615. The summed E-state index contributed by atoms with van der Waals surface area (Å²) >= 11 is 0. The molecular weight excluding hydrogens is 404 g/mol. The van der Waals surface area contributed by atoms with Gasteiger partial charge in [-0.15, -0.1) is 12.4 Å². The van der Waals surface area contributed by atoms with E-state index in [2.05, 4.69) is 10.3 Å². The van der Waals surface area contributed by atoms with Gasteiger partial charge in [-0.05, 0) is 30.3 Å². The molecule has 0 fully saturated rings. The van der Waals surface area contributed by atoms with Crippen molar-refractivity contribution in [2.75, 3.05) is 23.3 Å². The van der Waals surface area contributed by atoms with Gasteiger partial charge in [0, 0.05) is 13.1 Å². The second-order valence-electron chi connectivity index (χ2n) is 5.52. The number of hydrogen-bond donors (Lipinski definition) is 2. The molecule has 0 atom stereocenters. The number of benzene rings is 2. The van der Waals surface area contributed by atoms with Crippen LogP contribution < -0.4 is 16.0 Å². The topological polar surface area (TPSA) is 84.4 Å². The van der Waals surface area contributed by atoms with Crippen LogP contribution in [0.3, 0.4) is 0 Å². The molecule has 3 rings (SSSR count). The van der Waals surface area contributed by atoms with Crippen molar-refractivity contribution in [1.29, 1.82) is 0 Å². The van der Waals surface area contributed by atoms with E-state index in [1.165, 1.54) is 0 Å². The Hall–Kier alpha value is -2.85. The predicted molar refractivity (Wildman–Crippen MR) is 98.1 cm³/mol. The average Bonchev–Trinajstić information content (AvgIpc) is 3.03. The van der Waals surface area contributed by atoms with Gasteiger partial charge in [-0.2, -0.15) is 18.2 Å². The standard InChI is InChI=1S/C17H14F4N4O2.ClH/c18-10-5-6-12(11(9-10)17(19,20)21)23-15(26)25(8-7-22)16-24-13-3-1-2-4-14(13)27-16;/h1-6,9H,7-8,22H2,(H,23,26);1H. The smallest absolute Gasteiger partial charge is 0.418 e. The van der Waals surface area contributed by atoms with E-state index in [1.54, 1.807) is 24.3 Å². The predicted octanol–water partition coefficient (Wildman–Crippen LogP) is 4.40. The number of urea groups is 1. The largest absolute Gasteiger partial charge is 0.423 e. The molecule has 2 amide bonds. The molecule has 2 aromatic carbocycles. The zero-order valence-electron chi connectivity index (χ0n) is 14.2. The Morgan fingerprint density at radius 2 is 1.93 bits per heavy atom. The first-order chi connectivity index (χ1) is 12.8. The van der Waals surface area contributed by atoms with Gasteiger partial charge in [-0.3, -0.25) is 0 Å². The Morgan fingerprint density at radius 3 is 2.57 bits per heavy atom. The molecule has 3 N–H and O–H groups in total. The number of hydrogen-bond acceptors (Lipinski definition) is 4. The molecular formula is C17H15ClF4N4O2. The molecule has 150 valence electrons. The molecule has 0 saturated carbocycles. The summed E-state index contributed by atoms with van der Waals surface area (Å²) in [7, 11) is 0. The number of para-hydroxylation sites is 2. The number of anilines is 2. The van der Waals surface area contributed by atoms with Crippen LogP contribution in [-0.2, 0) is 6.18 Å². The van der Waals surface area contributed by atoms with Crippen LogP contribution in [0.15, 0.2) is 46.9 Å². The van der Waals surface area contributed by atoms with Crippen LogP contribution in [0.1, 0.15) is 5.56 Å². The minimum atomic E-state index is -4.85. The molecule has 11 heteroatoms. The third-order valence-corrected chi connectivity index (χ3v) is 3.64. The van der Waals surface area contributed by atoms with Crippen LogP contribution in [0.25, 0.3) is 11.1 Å². The Balaban J connectivity index is 0.00000280. The molecule has 1 aromatic heterocycles. The molecule has 28 heavy (non-hydrogen) atoms. The van der Waals surface area contributed by atoms with Crippen LogP contribution in [0, 0.1) is 5.82 Å². The number of nitrogens with two attached hydrogens (primary N) is 1. The molecule has 0 radical (unpaired) electrons. The van der Waals surface area contributed by atoms with Crippen LogP contribution in [0.4, 0.5) is 34.1 Å². The van der Waals surface area contributed by atoms with Crippen molar-refractivity contribution in [3.63, 3.8) is 0 Å². The van der Waals surface area contributed by atoms with Gasteiger partial charge in [0.05, 0.1) is 11.3 Å². The van der Waals surface area contributed by atoms with Gasteiger partial charge in [0.15, 0.2) is 5.58 Å². The monoisotopic (exact) mass is 418 g/mol. The summed E-state index contributed by atoms with van der Waals surface area (Å²) in [5, 5.41) is 2.12. The van der Waals surface area contributed by atoms with E-state index in [0.717, 1.165) is 17.0 Å². The van der Waals surface area contributed by atoms with E-state index < -0.39 is 29.3 Å². The summed E-state index contributed by atoms with van der Waals surface area (Å²) in [5.41, 5.74) is 4.47. The Kier molecular flexibility index (Phi) is 6.47. The van der Waals surface area contributed by atoms with E-state index in [1.807, 2.05) is 0 Å². The van der Waals surface area contributed by atoms with Crippen molar-refractivity contribution < 1.29 is 26.8 Å². The number of carbonyl (C=O) groups is 1. The highest BCUT2D eigenvalue weighted by Gasteiger charge is 2.35. The number of nitrogens with zero attached hydrogens (tertiary/aromatic N) is 2. The average molecular weight is 419 g/mol. The Bertz CT molecular complexity index is 944. The highest BCUT2D eigenvalue weighted by atomic mass is 35.5. The minimum Gasteiger partial charge on any atom is -0.423 e. The van der Waals surface area contributed by atoms with Crippen LogP contribution in [0.2, 0.25) is 0 Å². The lowest BCUT2D eigenvalue weighted by Gasteiger charge is -2.20. The van der Waals surface area contributed by atoms with Gasteiger partial charge in [-0.25, -0.2) is 14.1 Å². The zero-order valence-corrected chi connectivity index (χ0v) is 15.0. The number of fused-ring (bicyclic) bond motifs is 1. The van der Waals surface area contributed by atoms with Gasteiger partial charge >= 0.3 is 18.2 Å². The van der Waals surface area contributed by atoms with Gasteiger partial charge in [0.2, 0.25) is 0 Å². The third-order valence-electron chi connectivity index (χ3n) is 3.64. The molecule has 0 aliphatic heterocycles. The number of aromatic nitrogens is 1. The summed E-state index contributed by atoms with van der Waals surface area (Å²) in [6.07, 6.45) is -4.85. The van der Waals surface area contributed by atoms with Crippen molar-refractivity contribution in [3.8, 4) is 0 Å². The molecule has 1 heterocycles. The molecule has 3 aromatic rings. The number of rotatable bonds is 4. The molecule has 0 unspecified atom stereocenters. The first kappa shape index (κ1) is 21.5. The fourth-order valence-corrected chi connectivity index (χ4v) is 2.43. The second kappa shape index (κ2) is 8.44.